The highest BCUT2D eigenvalue weighted by Crippen LogP contribution is 2.47. The first-order chi connectivity index (χ1) is 19.9. The zero-order valence-electron chi connectivity index (χ0n) is 23.9. The van der Waals surface area contributed by atoms with Crippen LogP contribution in [0.3, 0.4) is 0 Å². The Balaban J connectivity index is 1.52. The van der Waals surface area contributed by atoms with Gasteiger partial charge in [-0.1, -0.05) is 11.6 Å². The van der Waals surface area contributed by atoms with Crippen LogP contribution in [0.4, 0.5) is 0 Å². The Morgan fingerprint density at radius 2 is 1.44 bits per heavy atom. The van der Waals surface area contributed by atoms with Crippen molar-refractivity contribution in [2.75, 3.05) is 47.8 Å². The van der Waals surface area contributed by atoms with E-state index in [0.29, 0.717) is 46.9 Å². The number of nitrogens with zero attached hydrogens (tertiary/aromatic N) is 1. The first-order valence-corrected chi connectivity index (χ1v) is 14.6. The van der Waals surface area contributed by atoms with Gasteiger partial charge in [0.2, 0.25) is 5.75 Å². The third kappa shape index (κ3) is 7.91. The first-order valence-electron chi connectivity index (χ1n) is 13.2. The zero-order valence-corrected chi connectivity index (χ0v) is 25.5. The molecule has 1 fully saturated rings. The number of benzene rings is 3. The summed E-state index contributed by atoms with van der Waals surface area (Å²) in [6.45, 7) is 0.800. The fourth-order valence-corrected chi connectivity index (χ4v) is 5.62. The lowest BCUT2D eigenvalue weighted by molar-refractivity contribution is -0.114. The van der Waals surface area contributed by atoms with E-state index < -0.39 is 0 Å². The lowest BCUT2D eigenvalue weighted by atomic mass is 10.0. The van der Waals surface area contributed by atoms with E-state index in [0.717, 1.165) is 45.4 Å². The summed E-state index contributed by atoms with van der Waals surface area (Å²) in [4.78, 5) is 1.11. The Hall–Kier alpha value is -2.86. The smallest absolute Gasteiger partial charge is 0.203 e. The molecule has 0 spiro atoms. The third-order valence-electron chi connectivity index (χ3n) is 6.73. The Labute approximate surface area is 250 Å². The summed E-state index contributed by atoms with van der Waals surface area (Å²) in [7, 11) is 7.93. The Morgan fingerprint density at radius 3 is 1.98 bits per heavy atom. The number of halogens is 1. The molecule has 1 aliphatic heterocycles. The summed E-state index contributed by atoms with van der Waals surface area (Å²) in [6.07, 6.45) is 1.33. The molecule has 0 unspecified atom stereocenters. The van der Waals surface area contributed by atoms with Crippen LogP contribution in [0.5, 0.6) is 28.7 Å². The second-order valence-electron chi connectivity index (χ2n) is 9.37. The number of hydroxylamine groups is 1. The molecule has 3 aromatic rings. The number of methoxy groups -OCH3 is 4. The maximum Gasteiger partial charge on any atom is 0.203 e. The van der Waals surface area contributed by atoms with E-state index in [-0.39, 0.29) is 12.2 Å². The molecule has 0 saturated carbocycles. The van der Waals surface area contributed by atoms with Crippen molar-refractivity contribution < 1.29 is 33.6 Å². The summed E-state index contributed by atoms with van der Waals surface area (Å²) in [5.74, 6) is 3.70. The van der Waals surface area contributed by atoms with Gasteiger partial charge in [0.25, 0.3) is 0 Å². The van der Waals surface area contributed by atoms with E-state index in [9.17, 15) is 5.21 Å². The minimum atomic E-state index is -0.159. The maximum atomic E-state index is 9.74. The number of hydrazine groups is 1. The van der Waals surface area contributed by atoms with Crippen molar-refractivity contribution in [3.63, 3.8) is 0 Å². The lowest BCUT2D eigenvalue weighted by Crippen LogP contribution is -2.30. The maximum absolute atomic E-state index is 9.74. The van der Waals surface area contributed by atoms with Gasteiger partial charge in [0.15, 0.2) is 23.0 Å². The van der Waals surface area contributed by atoms with E-state index >= 15 is 0 Å². The van der Waals surface area contributed by atoms with Crippen LogP contribution in [0, 0.1) is 0 Å². The predicted molar refractivity (Wildman–Crippen MR) is 159 cm³/mol. The second-order valence-corrected chi connectivity index (χ2v) is 11.0. The quantitative estimate of drug-likeness (QED) is 0.121. The number of hydrogen-bond donors (Lipinski definition) is 2. The van der Waals surface area contributed by atoms with Gasteiger partial charge in [-0.2, -0.15) is 0 Å². The molecule has 3 aromatic carbocycles. The minimum Gasteiger partial charge on any atom is -0.493 e. The van der Waals surface area contributed by atoms with Crippen LogP contribution in [-0.2, 0) is 11.3 Å². The van der Waals surface area contributed by atoms with Crippen LogP contribution >= 0.6 is 23.4 Å². The fraction of sp³-hybridized carbons (Fsp3) is 0.400. The van der Waals surface area contributed by atoms with Gasteiger partial charge in [-0.15, -0.1) is 16.9 Å². The van der Waals surface area contributed by atoms with Crippen LogP contribution in [0.25, 0.3) is 0 Å². The Morgan fingerprint density at radius 1 is 0.878 bits per heavy atom. The highest BCUT2D eigenvalue weighted by Gasteiger charge is 2.31. The molecule has 9 nitrogen and oxygen atoms in total. The predicted octanol–water partition coefficient (Wildman–Crippen LogP) is 6.46. The molecule has 0 bridgehead atoms. The summed E-state index contributed by atoms with van der Waals surface area (Å²) >= 11 is 7.67. The van der Waals surface area contributed by atoms with Crippen molar-refractivity contribution in [3.05, 3.63) is 70.2 Å². The summed E-state index contributed by atoms with van der Waals surface area (Å²) in [5.41, 5.74) is 5.69. The van der Waals surface area contributed by atoms with Crippen molar-refractivity contribution in [1.82, 2.24) is 10.6 Å². The van der Waals surface area contributed by atoms with Gasteiger partial charge in [0, 0.05) is 34.8 Å². The van der Waals surface area contributed by atoms with Crippen LogP contribution in [0.2, 0.25) is 5.02 Å². The fourth-order valence-electron chi connectivity index (χ4n) is 4.76. The molecule has 2 atom stereocenters. The number of hydrogen-bond acceptors (Lipinski definition) is 10. The largest absolute Gasteiger partial charge is 0.493 e. The van der Waals surface area contributed by atoms with E-state index in [1.807, 2.05) is 48.5 Å². The molecule has 0 aliphatic carbocycles. The summed E-state index contributed by atoms with van der Waals surface area (Å²) in [5, 5.41) is 11.4. The van der Waals surface area contributed by atoms with E-state index in [1.165, 1.54) is 7.05 Å². The molecule has 41 heavy (non-hydrogen) atoms. The molecular formula is C30H37ClN2O7S. The highest BCUT2D eigenvalue weighted by atomic mass is 35.5. The van der Waals surface area contributed by atoms with Crippen molar-refractivity contribution in [2.45, 2.75) is 36.5 Å². The first kappa shape index (κ1) is 31.1. The number of thioether (sulfide) groups is 1. The Kier molecular flexibility index (Phi) is 11.3. The van der Waals surface area contributed by atoms with E-state index in [4.69, 9.17) is 40.0 Å². The minimum absolute atomic E-state index is 0.148. The Bertz CT molecular complexity index is 1270. The molecule has 1 saturated heterocycles. The van der Waals surface area contributed by atoms with Gasteiger partial charge < -0.3 is 28.4 Å². The molecule has 2 N–H and O–H groups in total. The van der Waals surface area contributed by atoms with Crippen LogP contribution in [0.1, 0.15) is 41.7 Å². The van der Waals surface area contributed by atoms with Gasteiger partial charge in [-0.25, -0.2) is 5.43 Å². The SMILES string of the molecule is COc1cc([C@H]2CC[C@H](c3cc(OC)c(OC)c(OC)c3)O2)cc(CNN(C)O)c1OCCSc1ccc(Cl)cc1. The van der Waals surface area contributed by atoms with Gasteiger partial charge in [0.05, 0.1) is 47.3 Å². The number of rotatable bonds is 14. The topological polar surface area (TPSA) is 90.9 Å². The molecule has 222 valence electrons. The third-order valence-corrected chi connectivity index (χ3v) is 7.96. The standard InChI is InChI=1S/C30H37ClN2O7S/c1-33(34)32-18-21-14-19(15-26(35-2)29(21)39-12-13-41-23-8-6-22(31)7-9-23)24-10-11-25(40-24)20-16-27(36-3)30(38-5)28(17-20)37-4/h6-9,14-17,24-25,32,34H,10-13,18H2,1-5H3/t24-,25-/m1/s1. The molecule has 11 heteroatoms. The van der Waals surface area contributed by atoms with Crippen molar-refractivity contribution in [2.24, 2.45) is 0 Å². The zero-order chi connectivity index (χ0) is 29.4. The molecule has 1 aliphatic rings. The monoisotopic (exact) mass is 604 g/mol. The van der Waals surface area contributed by atoms with Gasteiger partial charge >= 0.3 is 0 Å². The van der Waals surface area contributed by atoms with Crippen LogP contribution in [0.15, 0.2) is 53.4 Å². The summed E-state index contributed by atoms with van der Waals surface area (Å²) < 4.78 is 35.1. The van der Waals surface area contributed by atoms with Crippen LogP contribution < -0.4 is 29.1 Å². The van der Waals surface area contributed by atoms with Crippen molar-refractivity contribution in [3.8, 4) is 28.7 Å². The highest BCUT2D eigenvalue weighted by molar-refractivity contribution is 7.99. The van der Waals surface area contributed by atoms with Crippen LogP contribution in [-0.4, -0.2) is 58.2 Å². The molecular weight excluding hydrogens is 568 g/mol. The average Bonchev–Trinajstić information content (AvgIpc) is 3.48. The normalized spacial score (nSPS) is 16.6. The van der Waals surface area contributed by atoms with Crippen molar-refractivity contribution >= 4 is 23.4 Å². The van der Waals surface area contributed by atoms with Crippen molar-refractivity contribution in [1.29, 1.82) is 0 Å². The second kappa shape index (κ2) is 14.9. The van der Waals surface area contributed by atoms with E-state index in [2.05, 4.69) is 5.43 Å². The van der Waals surface area contributed by atoms with Gasteiger partial charge in [-0.3, -0.25) is 5.21 Å². The van der Waals surface area contributed by atoms with Gasteiger partial charge in [-0.05, 0) is 72.5 Å². The molecule has 0 amide bonds. The van der Waals surface area contributed by atoms with E-state index in [1.54, 1.807) is 40.2 Å². The number of ether oxygens (including phenoxy) is 6. The molecule has 4 rings (SSSR count). The molecule has 1 heterocycles. The average molecular weight is 605 g/mol. The number of nitrogens with one attached hydrogen (secondary N) is 1. The van der Waals surface area contributed by atoms with Gasteiger partial charge in [0.1, 0.15) is 0 Å². The summed E-state index contributed by atoms with van der Waals surface area (Å²) in [6, 6.07) is 15.6. The molecule has 0 radical (unpaired) electrons. The molecule has 0 aromatic heterocycles. The lowest BCUT2D eigenvalue weighted by Gasteiger charge is -2.21.